The van der Waals surface area contributed by atoms with Crippen LogP contribution in [0.2, 0.25) is 0 Å². The van der Waals surface area contributed by atoms with Crippen molar-refractivity contribution in [1.29, 1.82) is 5.41 Å². The Bertz CT molecular complexity index is 1430. The number of amides is 1. The van der Waals surface area contributed by atoms with Crippen LogP contribution < -0.4 is 16.6 Å². The van der Waals surface area contributed by atoms with Crippen LogP contribution in [0.4, 0.5) is 11.5 Å². The molecule has 1 amide bonds. The van der Waals surface area contributed by atoms with Gasteiger partial charge in [0.2, 0.25) is 6.41 Å². The lowest BCUT2D eigenvalue weighted by atomic mass is 9.99. The number of fused-ring (bicyclic) bond motifs is 1. The monoisotopic (exact) mass is 456 g/mol. The molecule has 10 heteroatoms. The number of piperidine rings is 1. The van der Waals surface area contributed by atoms with Crippen LogP contribution in [0, 0.1) is 5.41 Å². The number of likely N-dealkylation sites (tertiary alicyclic amines) is 1. The van der Waals surface area contributed by atoms with E-state index in [1.807, 2.05) is 53.2 Å². The maximum absolute atomic E-state index is 12.7. The van der Waals surface area contributed by atoms with Gasteiger partial charge in [-0.3, -0.25) is 15.0 Å². The van der Waals surface area contributed by atoms with Gasteiger partial charge in [-0.05, 0) is 37.1 Å². The highest BCUT2D eigenvalue weighted by Gasteiger charge is 2.24. The van der Waals surface area contributed by atoms with Crippen LogP contribution in [0.1, 0.15) is 24.0 Å². The molecule has 0 spiro atoms. The lowest BCUT2D eigenvalue weighted by Crippen LogP contribution is -2.42. The van der Waals surface area contributed by atoms with Crippen molar-refractivity contribution in [2.45, 2.75) is 18.9 Å². The van der Waals surface area contributed by atoms with Gasteiger partial charge < -0.3 is 16.0 Å². The minimum atomic E-state index is -0.463. The number of nitrogens with one attached hydrogen (secondary N) is 3. The van der Waals surface area contributed by atoms with Crippen LogP contribution in [-0.4, -0.2) is 56.1 Å². The third kappa shape index (κ3) is 3.90. The van der Waals surface area contributed by atoms with E-state index in [1.165, 1.54) is 0 Å². The molecule has 0 saturated carbocycles. The van der Waals surface area contributed by atoms with E-state index in [2.05, 4.69) is 20.6 Å². The molecule has 3 heterocycles. The van der Waals surface area contributed by atoms with E-state index in [9.17, 15) is 9.59 Å². The van der Waals surface area contributed by atoms with Gasteiger partial charge in [0.25, 0.3) is 5.56 Å². The first-order valence-electron chi connectivity index (χ1n) is 11.0. The summed E-state index contributed by atoms with van der Waals surface area (Å²) in [4.78, 5) is 25.6. The van der Waals surface area contributed by atoms with E-state index in [0.29, 0.717) is 18.7 Å². The second-order valence-electron chi connectivity index (χ2n) is 8.31. The van der Waals surface area contributed by atoms with E-state index >= 15 is 0 Å². The van der Waals surface area contributed by atoms with Crippen molar-refractivity contribution >= 4 is 34.5 Å². The van der Waals surface area contributed by atoms with Gasteiger partial charge in [0, 0.05) is 30.1 Å². The molecular formula is C24H24N8O2. The number of hydrogen-bond acceptors (Lipinski definition) is 7. The van der Waals surface area contributed by atoms with Crippen molar-refractivity contribution in [1.82, 2.24) is 24.9 Å². The Hall–Kier alpha value is -4.47. The van der Waals surface area contributed by atoms with Crippen molar-refractivity contribution in [3.63, 3.8) is 0 Å². The average molecular weight is 457 g/mol. The summed E-state index contributed by atoms with van der Waals surface area (Å²) in [5, 5.41) is 23.7. The Morgan fingerprint density at radius 1 is 1.24 bits per heavy atom. The summed E-state index contributed by atoms with van der Waals surface area (Å²) in [6.07, 6.45) is 4.17. The average Bonchev–Trinajstić information content (AvgIpc) is 3.30. The molecule has 5 rings (SSSR count). The van der Waals surface area contributed by atoms with Crippen LogP contribution in [0.25, 0.3) is 16.6 Å². The van der Waals surface area contributed by atoms with Gasteiger partial charge in [-0.2, -0.15) is 10.2 Å². The van der Waals surface area contributed by atoms with Crippen molar-refractivity contribution in [3.05, 3.63) is 76.2 Å². The van der Waals surface area contributed by atoms with E-state index in [-0.39, 0.29) is 28.8 Å². The largest absolute Gasteiger partial charge is 0.382 e. The topological polar surface area (TPSA) is 146 Å². The smallest absolute Gasteiger partial charge is 0.288 e. The molecule has 10 nitrogen and oxygen atoms in total. The number of aromatic amines is 1. The SMILES string of the molecule is N=C(c1ccc2c(cnn2-c2ccccc2)c1)c1c(N)n[nH]c(=O)c1NC1CCCN(C=O)C1. The highest BCUT2D eigenvalue weighted by atomic mass is 16.1. The first-order chi connectivity index (χ1) is 16.5. The molecule has 1 fully saturated rings. The quantitative estimate of drug-likeness (QED) is 0.258. The number of carbonyl (C=O) groups is 1. The number of rotatable bonds is 6. The van der Waals surface area contributed by atoms with Gasteiger partial charge in [-0.15, -0.1) is 0 Å². The maximum atomic E-state index is 12.7. The Morgan fingerprint density at radius 2 is 2.06 bits per heavy atom. The zero-order valence-corrected chi connectivity index (χ0v) is 18.4. The van der Waals surface area contributed by atoms with Gasteiger partial charge in [-0.1, -0.05) is 24.3 Å². The summed E-state index contributed by atoms with van der Waals surface area (Å²) >= 11 is 0. The van der Waals surface area contributed by atoms with Crippen molar-refractivity contribution in [2.75, 3.05) is 24.1 Å². The minimum absolute atomic E-state index is 0.0511. The number of para-hydroxylation sites is 1. The lowest BCUT2D eigenvalue weighted by Gasteiger charge is -2.31. The highest BCUT2D eigenvalue weighted by Crippen LogP contribution is 2.25. The Morgan fingerprint density at radius 3 is 2.85 bits per heavy atom. The third-order valence-electron chi connectivity index (χ3n) is 6.07. The van der Waals surface area contributed by atoms with E-state index in [0.717, 1.165) is 35.8 Å². The molecule has 0 aliphatic carbocycles. The molecule has 34 heavy (non-hydrogen) atoms. The summed E-state index contributed by atoms with van der Waals surface area (Å²) in [6.45, 7) is 1.17. The zero-order chi connectivity index (χ0) is 23.7. The van der Waals surface area contributed by atoms with Crippen LogP contribution in [0.15, 0.2) is 59.5 Å². The van der Waals surface area contributed by atoms with Crippen LogP contribution >= 0.6 is 0 Å². The van der Waals surface area contributed by atoms with Gasteiger partial charge in [-0.25, -0.2) is 9.78 Å². The number of carbonyl (C=O) groups excluding carboxylic acids is 1. The summed E-state index contributed by atoms with van der Waals surface area (Å²) in [5.41, 5.74) is 8.60. The standard InChI is InChI=1S/C24H24N8O2/c25-21(15-8-9-19-16(11-15)12-27-32(19)18-6-2-1-3-7-18)20-22(24(34)30-29-23(20)26)28-17-5-4-10-31(13-17)14-33/h1-3,6-9,11-12,14,17,25H,4-5,10,13H2,(H,30,34)(H3,26,28,29). The molecule has 172 valence electrons. The van der Waals surface area contributed by atoms with Crippen molar-refractivity contribution in [2.24, 2.45) is 0 Å². The second-order valence-corrected chi connectivity index (χ2v) is 8.31. The fourth-order valence-corrected chi connectivity index (χ4v) is 4.39. The zero-order valence-electron chi connectivity index (χ0n) is 18.4. The number of benzene rings is 2. The normalized spacial score (nSPS) is 15.9. The van der Waals surface area contributed by atoms with E-state index < -0.39 is 5.56 Å². The first-order valence-corrected chi connectivity index (χ1v) is 11.0. The summed E-state index contributed by atoms with van der Waals surface area (Å²) < 4.78 is 1.83. The molecule has 0 radical (unpaired) electrons. The second kappa shape index (κ2) is 8.81. The van der Waals surface area contributed by atoms with Gasteiger partial charge in [0.05, 0.1) is 28.7 Å². The molecule has 2 aromatic carbocycles. The molecule has 0 bridgehead atoms. The number of nitrogens with zero attached hydrogens (tertiary/aromatic N) is 4. The summed E-state index contributed by atoms with van der Waals surface area (Å²) in [5.74, 6) is 0.0511. The number of nitrogens with two attached hydrogens (primary N) is 1. The van der Waals surface area contributed by atoms with Gasteiger partial charge >= 0.3 is 0 Å². The molecule has 2 aromatic heterocycles. The van der Waals surface area contributed by atoms with E-state index in [4.69, 9.17) is 11.1 Å². The number of aromatic nitrogens is 4. The predicted octanol–water partition coefficient (Wildman–Crippen LogP) is 2.14. The van der Waals surface area contributed by atoms with Gasteiger partial charge in [0.1, 0.15) is 5.69 Å². The lowest BCUT2D eigenvalue weighted by molar-refractivity contribution is -0.119. The Labute approximate surface area is 194 Å². The fraction of sp³-hybridized carbons (Fsp3) is 0.208. The summed E-state index contributed by atoms with van der Waals surface area (Å²) in [7, 11) is 0. The molecule has 1 aliphatic heterocycles. The number of nitrogen functional groups attached to an aromatic ring is 1. The van der Waals surface area contributed by atoms with Crippen LogP contribution in [0.3, 0.4) is 0 Å². The summed E-state index contributed by atoms with van der Waals surface area (Å²) in [6, 6.07) is 15.2. The first kappa shape index (κ1) is 21.4. The number of anilines is 2. The minimum Gasteiger partial charge on any atom is -0.382 e. The molecule has 1 atom stereocenters. The number of H-pyrrole nitrogens is 1. The van der Waals surface area contributed by atoms with Crippen LogP contribution in [0.5, 0.6) is 0 Å². The molecule has 1 saturated heterocycles. The molecule has 4 aromatic rings. The molecular weight excluding hydrogens is 432 g/mol. The third-order valence-corrected chi connectivity index (χ3v) is 6.07. The number of hydrogen-bond donors (Lipinski definition) is 4. The molecule has 1 unspecified atom stereocenters. The van der Waals surface area contributed by atoms with Crippen LogP contribution in [-0.2, 0) is 4.79 Å². The van der Waals surface area contributed by atoms with Crippen molar-refractivity contribution in [3.8, 4) is 5.69 Å². The van der Waals surface area contributed by atoms with Gasteiger partial charge in [0.15, 0.2) is 5.82 Å². The Balaban J connectivity index is 1.50. The molecule has 5 N–H and O–H groups in total. The maximum Gasteiger partial charge on any atom is 0.288 e. The Kier molecular flexibility index (Phi) is 5.54. The predicted molar refractivity (Wildman–Crippen MR) is 131 cm³/mol. The van der Waals surface area contributed by atoms with Crippen molar-refractivity contribution < 1.29 is 4.79 Å². The van der Waals surface area contributed by atoms with E-state index in [1.54, 1.807) is 11.1 Å². The molecule has 1 aliphatic rings. The highest BCUT2D eigenvalue weighted by molar-refractivity contribution is 6.17. The fourth-order valence-electron chi connectivity index (χ4n) is 4.39.